The van der Waals surface area contributed by atoms with Crippen molar-refractivity contribution in [3.63, 3.8) is 0 Å². The number of aliphatic carboxylic acids is 2. The molecule has 0 aromatic heterocycles. The molecular formula is C21H33NO6. The molecule has 0 spiro atoms. The minimum absolute atomic E-state index is 0.131. The van der Waals surface area contributed by atoms with Gasteiger partial charge in [-0.05, 0) is 25.7 Å². The first-order valence-corrected chi connectivity index (χ1v) is 9.50. The monoisotopic (exact) mass is 395 g/mol. The molecule has 0 saturated heterocycles. The van der Waals surface area contributed by atoms with Crippen LogP contribution in [0.5, 0.6) is 0 Å². The van der Waals surface area contributed by atoms with Crippen molar-refractivity contribution in [3.8, 4) is 0 Å². The van der Waals surface area contributed by atoms with Gasteiger partial charge in [0, 0.05) is 25.2 Å². The molecule has 0 bridgehead atoms. The third kappa shape index (κ3) is 18.4. The third-order valence-electron chi connectivity index (χ3n) is 3.58. The molecule has 0 amide bonds. The number of esters is 1. The molecular weight excluding hydrogens is 362 g/mol. The van der Waals surface area contributed by atoms with E-state index in [0.717, 1.165) is 12.8 Å². The highest BCUT2D eigenvalue weighted by molar-refractivity contribution is 5.70. The van der Waals surface area contributed by atoms with Crippen molar-refractivity contribution in [1.82, 2.24) is 0 Å². The molecule has 0 aliphatic carbocycles. The van der Waals surface area contributed by atoms with E-state index in [2.05, 4.69) is 0 Å². The first-order valence-electron chi connectivity index (χ1n) is 9.50. The molecule has 0 aliphatic heterocycles. The molecule has 7 nitrogen and oxygen atoms in total. The Kier molecular flexibility index (Phi) is 13.4. The van der Waals surface area contributed by atoms with E-state index in [0.29, 0.717) is 23.9 Å². The Morgan fingerprint density at radius 1 is 0.964 bits per heavy atom. The molecule has 0 radical (unpaired) electrons. The second kappa shape index (κ2) is 14.6. The van der Waals surface area contributed by atoms with Crippen molar-refractivity contribution >= 4 is 17.9 Å². The third-order valence-corrected chi connectivity index (χ3v) is 3.58. The number of hydrogen-bond acceptors (Lipinski definition) is 5. The van der Waals surface area contributed by atoms with Crippen LogP contribution in [0.15, 0.2) is 36.5 Å². The zero-order chi connectivity index (χ0) is 21.4. The Balaban J connectivity index is 3.98. The fourth-order valence-electron chi connectivity index (χ4n) is 2.40. The maximum Gasteiger partial charge on any atom is 0.306 e. The van der Waals surface area contributed by atoms with Crippen molar-refractivity contribution in [3.05, 3.63) is 36.5 Å². The average molecular weight is 395 g/mol. The van der Waals surface area contributed by atoms with Gasteiger partial charge in [0.05, 0.1) is 21.1 Å². The number of hydrogen-bond donors (Lipinski definition) is 1. The molecule has 7 heteroatoms. The Labute approximate surface area is 167 Å². The molecule has 0 aliphatic rings. The molecule has 0 heterocycles. The summed E-state index contributed by atoms with van der Waals surface area (Å²) in [5, 5.41) is 19.3. The van der Waals surface area contributed by atoms with Crippen LogP contribution in [0.1, 0.15) is 44.9 Å². The highest BCUT2D eigenvalue weighted by Gasteiger charge is 2.22. The lowest BCUT2D eigenvalue weighted by atomic mass is 10.2. The van der Waals surface area contributed by atoms with E-state index in [1.165, 1.54) is 0 Å². The van der Waals surface area contributed by atoms with Crippen molar-refractivity contribution in [2.75, 3.05) is 27.7 Å². The van der Waals surface area contributed by atoms with E-state index in [9.17, 15) is 19.5 Å². The molecule has 28 heavy (non-hydrogen) atoms. The summed E-state index contributed by atoms with van der Waals surface area (Å²) in [7, 11) is 5.72. The largest absolute Gasteiger partial charge is 0.550 e. The summed E-state index contributed by atoms with van der Waals surface area (Å²) in [5.41, 5.74) is 0. The number of allylic oxidation sites excluding steroid dienone is 6. The van der Waals surface area contributed by atoms with Gasteiger partial charge in [0.1, 0.15) is 6.54 Å². The van der Waals surface area contributed by atoms with Crippen LogP contribution in [0, 0.1) is 0 Å². The summed E-state index contributed by atoms with van der Waals surface area (Å²) >= 11 is 0. The molecule has 0 rings (SSSR count). The lowest BCUT2D eigenvalue weighted by molar-refractivity contribution is -0.873. The van der Waals surface area contributed by atoms with Crippen molar-refractivity contribution in [2.24, 2.45) is 0 Å². The SMILES string of the molecule is C[N+](C)(C)CC(CC(=O)[O-])OC(=O)CCCC/C=C/C=C/C=C/CCC(=O)O. The van der Waals surface area contributed by atoms with Crippen molar-refractivity contribution < 1.29 is 33.8 Å². The van der Waals surface area contributed by atoms with Crippen molar-refractivity contribution in [2.45, 2.75) is 51.0 Å². The second-order valence-electron chi connectivity index (χ2n) is 7.58. The fraction of sp³-hybridized carbons (Fsp3) is 0.571. The standard InChI is InChI=1S/C21H33NO6/c1-22(2,3)17-18(16-20(25)26)28-21(27)15-13-11-9-7-5-4-6-8-10-12-14-19(23)24/h4-8,10,18H,9,11-17H2,1-3H3,(H-,23,24,25,26)/b6-4+,7-5+,10-8+. The molecule has 1 atom stereocenters. The minimum Gasteiger partial charge on any atom is -0.550 e. The molecule has 0 saturated carbocycles. The van der Waals surface area contributed by atoms with Gasteiger partial charge in [0.25, 0.3) is 0 Å². The van der Waals surface area contributed by atoms with Crippen LogP contribution in [-0.2, 0) is 19.1 Å². The zero-order valence-corrected chi connectivity index (χ0v) is 17.1. The summed E-state index contributed by atoms with van der Waals surface area (Å²) in [5.74, 6) is -2.41. The van der Waals surface area contributed by atoms with Gasteiger partial charge >= 0.3 is 11.9 Å². The number of ether oxygens (including phenoxy) is 1. The molecule has 158 valence electrons. The van der Waals surface area contributed by atoms with Gasteiger partial charge in [-0.25, -0.2) is 0 Å². The number of quaternary nitrogens is 1. The molecule has 1 unspecified atom stereocenters. The van der Waals surface area contributed by atoms with Crippen LogP contribution in [0.25, 0.3) is 0 Å². The lowest BCUT2D eigenvalue weighted by Crippen LogP contribution is -2.45. The van der Waals surface area contributed by atoms with Gasteiger partial charge in [0.15, 0.2) is 6.10 Å². The van der Waals surface area contributed by atoms with Crippen molar-refractivity contribution in [1.29, 1.82) is 0 Å². The Hall–Kier alpha value is -2.41. The Bertz CT molecular complexity index is 572. The molecule has 0 aromatic rings. The topological polar surface area (TPSA) is 104 Å². The summed E-state index contributed by atoms with van der Waals surface area (Å²) in [6.45, 7) is 0.416. The van der Waals surface area contributed by atoms with E-state index in [4.69, 9.17) is 9.84 Å². The highest BCUT2D eigenvalue weighted by atomic mass is 16.5. The number of carboxylic acid groups (broad SMARTS) is 2. The van der Waals surface area contributed by atoms with E-state index < -0.39 is 18.0 Å². The van der Waals surface area contributed by atoms with Gasteiger partial charge in [0.2, 0.25) is 0 Å². The minimum atomic E-state index is -1.22. The number of rotatable bonds is 15. The number of carbonyl (C=O) groups is 3. The number of unbranched alkanes of at least 4 members (excludes halogenated alkanes) is 2. The van der Waals surface area contributed by atoms with Gasteiger partial charge in [-0.15, -0.1) is 0 Å². The smallest absolute Gasteiger partial charge is 0.306 e. The summed E-state index contributed by atoms with van der Waals surface area (Å²) in [4.78, 5) is 33.1. The summed E-state index contributed by atoms with van der Waals surface area (Å²) < 4.78 is 5.79. The number of nitrogens with zero attached hydrogens (tertiary/aromatic N) is 1. The van der Waals surface area contributed by atoms with E-state index in [-0.39, 0.29) is 25.2 Å². The lowest BCUT2D eigenvalue weighted by Gasteiger charge is -2.29. The fourth-order valence-corrected chi connectivity index (χ4v) is 2.40. The number of carbonyl (C=O) groups excluding carboxylic acids is 2. The van der Waals surface area contributed by atoms with Crippen LogP contribution < -0.4 is 5.11 Å². The van der Waals surface area contributed by atoms with E-state index in [1.807, 2.05) is 51.5 Å². The first-order chi connectivity index (χ1) is 13.1. The maximum absolute atomic E-state index is 11.9. The van der Waals surface area contributed by atoms with Gasteiger partial charge in [-0.3, -0.25) is 9.59 Å². The summed E-state index contributed by atoms with van der Waals surface area (Å²) in [6, 6.07) is 0. The maximum atomic E-state index is 11.9. The predicted molar refractivity (Wildman–Crippen MR) is 105 cm³/mol. The molecule has 0 aromatic carbocycles. The van der Waals surface area contributed by atoms with Crippen LogP contribution in [0.2, 0.25) is 0 Å². The predicted octanol–water partition coefficient (Wildman–Crippen LogP) is 1.84. The van der Waals surface area contributed by atoms with Crippen LogP contribution in [0.4, 0.5) is 0 Å². The Morgan fingerprint density at radius 3 is 2.11 bits per heavy atom. The second-order valence-corrected chi connectivity index (χ2v) is 7.58. The quantitative estimate of drug-likeness (QED) is 0.196. The number of carboxylic acids is 2. The van der Waals surface area contributed by atoms with Gasteiger partial charge in [-0.2, -0.15) is 0 Å². The van der Waals surface area contributed by atoms with Crippen LogP contribution in [0.3, 0.4) is 0 Å². The Morgan fingerprint density at radius 2 is 1.57 bits per heavy atom. The first kappa shape index (κ1) is 25.6. The van der Waals surface area contributed by atoms with E-state index in [1.54, 1.807) is 6.08 Å². The highest BCUT2D eigenvalue weighted by Crippen LogP contribution is 2.08. The average Bonchev–Trinajstić information content (AvgIpc) is 2.53. The van der Waals surface area contributed by atoms with Crippen LogP contribution in [-0.4, -0.2) is 61.3 Å². The van der Waals surface area contributed by atoms with Gasteiger partial charge in [-0.1, -0.05) is 36.5 Å². The normalized spacial score (nSPS) is 13.4. The number of likely N-dealkylation sites (N-methyl/N-ethyl adjacent to an activating group) is 1. The zero-order valence-electron chi connectivity index (χ0n) is 17.1. The van der Waals surface area contributed by atoms with Crippen LogP contribution >= 0.6 is 0 Å². The molecule has 0 fully saturated rings. The van der Waals surface area contributed by atoms with E-state index >= 15 is 0 Å². The van der Waals surface area contributed by atoms with Gasteiger partial charge < -0.3 is 24.2 Å². The summed E-state index contributed by atoms with van der Waals surface area (Å²) in [6.07, 6.45) is 13.5. The molecule has 1 N–H and O–H groups in total.